The van der Waals surface area contributed by atoms with Crippen molar-refractivity contribution < 1.29 is 0 Å². The molecule has 1 aromatic heterocycles. The number of para-hydroxylation sites is 1. The second kappa shape index (κ2) is 6.26. The summed E-state index contributed by atoms with van der Waals surface area (Å²) in [4.78, 5) is 0. The van der Waals surface area contributed by atoms with Gasteiger partial charge >= 0.3 is 0 Å². The van der Waals surface area contributed by atoms with E-state index in [2.05, 4.69) is 47.4 Å². The summed E-state index contributed by atoms with van der Waals surface area (Å²) in [6.45, 7) is 1.14. The number of hydrogen-bond donors (Lipinski definition) is 0. The van der Waals surface area contributed by atoms with Crippen LogP contribution in [0.3, 0.4) is 0 Å². The standard InChI is InChI=1S/C13H17NS2/c1-15-16-11-5-4-9-14-10-8-12-6-2-3-7-13(12)14/h2-3,6-8,10H,4-5,9,11H2,1H3. The molecule has 0 radical (unpaired) electrons. The van der Waals surface area contributed by atoms with Crippen molar-refractivity contribution in [1.82, 2.24) is 4.57 Å². The van der Waals surface area contributed by atoms with Crippen LogP contribution in [-0.2, 0) is 6.54 Å². The number of rotatable bonds is 6. The van der Waals surface area contributed by atoms with E-state index in [0.29, 0.717) is 0 Å². The van der Waals surface area contributed by atoms with E-state index in [9.17, 15) is 0 Å². The van der Waals surface area contributed by atoms with Gasteiger partial charge in [0.1, 0.15) is 0 Å². The summed E-state index contributed by atoms with van der Waals surface area (Å²) in [6.07, 6.45) is 6.92. The molecule has 0 aliphatic carbocycles. The lowest BCUT2D eigenvalue weighted by Crippen LogP contribution is -1.96. The summed E-state index contributed by atoms with van der Waals surface area (Å²) in [5.41, 5.74) is 1.36. The highest BCUT2D eigenvalue weighted by Gasteiger charge is 1.98. The zero-order valence-electron chi connectivity index (χ0n) is 9.56. The van der Waals surface area contributed by atoms with Gasteiger partial charge < -0.3 is 4.57 Å². The van der Waals surface area contributed by atoms with E-state index in [0.717, 1.165) is 6.54 Å². The van der Waals surface area contributed by atoms with Crippen LogP contribution in [0.25, 0.3) is 10.9 Å². The minimum Gasteiger partial charge on any atom is -0.347 e. The van der Waals surface area contributed by atoms with Gasteiger partial charge in [0.2, 0.25) is 0 Å². The maximum atomic E-state index is 2.36. The molecule has 0 N–H and O–H groups in total. The summed E-state index contributed by atoms with van der Waals surface area (Å²) in [7, 11) is 3.82. The molecule has 0 spiro atoms. The maximum absolute atomic E-state index is 2.36. The van der Waals surface area contributed by atoms with Gasteiger partial charge in [0.05, 0.1) is 0 Å². The SMILES string of the molecule is CSSCCCCn1ccc2ccccc21. The number of hydrogen-bond acceptors (Lipinski definition) is 2. The second-order valence-electron chi connectivity index (χ2n) is 3.76. The lowest BCUT2D eigenvalue weighted by atomic mass is 10.2. The Morgan fingerprint density at radius 3 is 2.88 bits per heavy atom. The van der Waals surface area contributed by atoms with Gasteiger partial charge in [-0.05, 0) is 36.6 Å². The van der Waals surface area contributed by atoms with E-state index in [1.165, 1.54) is 29.5 Å². The van der Waals surface area contributed by atoms with Gasteiger partial charge in [-0.15, -0.1) is 0 Å². The molecule has 0 unspecified atom stereocenters. The first-order chi connectivity index (χ1) is 7.92. The number of aromatic nitrogens is 1. The van der Waals surface area contributed by atoms with Gasteiger partial charge in [0.25, 0.3) is 0 Å². The van der Waals surface area contributed by atoms with E-state index < -0.39 is 0 Å². The van der Waals surface area contributed by atoms with Crippen LogP contribution in [0.5, 0.6) is 0 Å². The topological polar surface area (TPSA) is 4.93 Å². The van der Waals surface area contributed by atoms with Gasteiger partial charge in [-0.25, -0.2) is 0 Å². The molecule has 0 aliphatic heterocycles. The largest absolute Gasteiger partial charge is 0.347 e. The minimum atomic E-state index is 1.14. The van der Waals surface area contributed by atoms with Crippen molar-refractivity contribution in [3.8, 4) is 0 Å². The number of nitrogens with zero attached hydrogens (tertiary/aromatic N) is 1. The quantitative estimate of drug-likeness (QED) is 0.552. The molecular weight excluding hydrogens is 234 g/mol. The Balaban J connectivity index is 1.89. The zero-order valence-corrected chi connectivity index (χ0v) is 11.2. The third kappa shape index (κ3) is 2.98. The van der Waals surface area contributed by atoms with Crippen molar-refractivity contribution in [3.05, 3.63) is 36.5 Å². The molecule has 1 heterocycles. The summed E-state index contributed by atoms with van der Waals surface area (Å²) in [6, 6.07) is 10.8. The predicted octanol–water partition coefficient (Wildman–Crippen LogP) is 4.43. The average molecular weight is 251 g/mol. The fraction of sp³-hybridized carbons (Fsp3) is 0.385. The number of fused-ring (bicyclic) bond motifs is 1. The van der Waals surface area contributed by atoms with Gasteiger partial charge in [-0.1, -0.05) is 39.8 Å². The molecule has 1 nitrogen and oxygen atoms in total. The second-order valence-corrected chi connectivity index (χ2v) is 6.45. The van der Waals surface area contributed by atoms with E-state index >= 15 is 0 Å². The van der Waals surface area contributed by atoms with Crippen LogP contribution in [0.2, 0.25) is 0 Å². The molecule has 86 valence electrons. The Morgan fingerprint density at radius 2 is 2.00 bits per heavy atom. The Morgan fingerprint density at radius 1 is 1.12 bits per heavy atom. The maximum Gasteiger partial charge on any atom is 0.0480 e. The molecule has 2 aromatic rings. The van der Waals surface area contributed by atoms with Crippen molar-refractivity contribution >= 4 is 32.5 Å². The fourth-order valence-electron chi connectivity index (χ4n) is 1.86. The summed E-state index contributed by atoms with van der Waals surface area (Å²) < 4.78 is 2.36. The Bertz CT molecular complexity index is 436. The number of benzene rings is 1. The molecule has 0 amide bonds. The van der Waals surface area contributed by atoms with Crippen LogP contribution in [0.4, 0.5) is 0 Å². The van der Waals surface area contributed by atoms with Crippen molar-refractivity contribution in [2.45, 2.75) is 19.4 Å². The van der Waals surface area contributed by atoms with Crippen LogP contribution in [0, 0.1) is 0 Å². The minimum absolute atomic E-state index is 1.14. The van der Waals surface area contributed by atoms with Crippen LogP contribution in [-0.4, -0.2) is 16.6 Å². The highest BCUT2D eigenvalue weighted by molar-refractivity contribution is 8.76. The predicted molar refractivity (Wildman–Crippen MR) is 77.1 cm³/mol. The summed E-state index contributed by atoms with van der Waals surface area (Å²) in [5.74, 6) is 1.26. The van der Waals surface area contributed by atoms with Crippen LogP contribution in [0.1, 0.15) is 12.8 Å². The summed E-state index contributed by atoms with van der Waals surface area (Å²) in [5, 5.41) is 1.35. The van der Waals surface area contributed by atoms with Crippen molar-refractivity contribution in [1.29, 1.82) is 0 Å². The lowest BCUT2D eigenvalue weighted by Gasteiger charge is -2.04. The molecule has 0 fully saturated rings. The van der Waals surface area contributed by atoms with Gasteiger partial charge in [-0.3, -0.25) is 0 Å². The van der Waals surface area contributed by atoms with E-state index in [1.54, 1.807) is 0 Å². The van der Waals surface area contributed by atoms with Crippen LogP contribution >= 0.6 is 21.6 Å². The molecular formula is C13H17NS2. The number of unbranched alkanes of at least 4 members (excludes halogenated alkanes) is 1. The molecule has 2 rings (SSSR count). The highest BCUT2D eigenvalue weighted by atomic mass is 33.1. The van der Waals surface area contributed by atoms with Gasteiger partial charge in [0.15, 0.2) is 0 Å². The normalized spacial score (nSPS) is 11.1. The van der Waals surface area contributed by atoms with E-state index in [-0.39, 0.29) is 0 Å². The number of aryl methyl sites for hydroxylation is 1. The molecule has 0 atom stereocenters. The third-order valence-electron chi connectivity index (χ3n) is 2.67. The molecule has 0 saturated heterocycles. The van der Waals surface area contributed by atoms with Crippen molar-refractivity contribution in [2.24, 2.45) is 0 Å². The first kappa shape index (κ1) is 11.9. The Kier molecular flexibility index (Phi) is 4.67. The molecule has 1 aromatic carbocycles. The van der Waals surface area contributed by atoms with Gasteiger partial charge in [-0.2, -0.15) is 0 Å². The fourth-order valence-corrected chi connectivity index (χ4v) is 3.20. The van der Waals surface area contributed by atoms with Crippen LogP contribution in [0.15, 0.2) is 36.5 Å². The smallest absolute Gasteiger partial charge is 0.0480 e. The van der Waals surface area contributed by atoms with Crippen molar-refractivity contribution in [3.63, 3.8) is 0 Å². The molecule has 3 heteroatoms. The molecule has 0 saturated carbocycles. The van der Waals surface area contributed by atoms with Gasteiger partial charge in [0, 0.05) is 24.0 Å². The lowest BCUT2D eigenvalue weighted by molar-refractivity contribution is 0.654. The summed E-state index contributed by atoms with van der Waals surface area (Å²) >= 11 is 0. The first-order valence-electron chi connectivity index (χ1n) is 5.61. The van der Waals surface area contributed by atoms with E-state index in [4.69, 9.17) is 0 Å². The molecule has 16 heavy (non-hydrogen) atoms. The monoisotopic (exact) mass is 251 g/mol. The van der Waals surface area contributed by atoms with Crippen molar-refractivity contribution in [2.75, 3.05) is 12.0 Å². The molecule has 0 bridgehead atoms. The molecule has 0 aliphatic rings. The van der Waals surface area contributed by atoms with Crippen LogP contribution < -0.4 is 0 Å². The van der Waals surface area contributed by atoms with E-state index in [1.807, 2.05) is 21.6 Å². The Labute approximate surface area is 105 Å². The highest BCUT2D eigenvalue weighted by Crippen LogP contribution is 2.19. The average Bonchev–Trinajstić information content (AvgIpc) is 2.73. The zero-order chi connectivity index (χ0) is 11.2. The first-order valence-corrected chi connectivity index (χ1v) is 8.34. The third-order valence-corrected chi connectivity index (χ3v) is 4.57. The Hall–Kier alpha value is -0.540.